The van der Waals surface area contributed by atoms with Gasteiger partial charge in [-0.1, -0.05) is 32.0 Å². The van der Waals surface area contributed by atoms with Crippen molar-refractivity contribution in [3.05, 3.63) is 58.7 Å². The van der Waals surface area contributed by atoms with Gasteiger partial charge >= 0.3 is 0 Å². The molecule has 1 N–H and O–H groups in total. The van der Waals surface area contributed by atoms with Gasteiger partial charge in [0.2, 0.25) is 5.91 Å². The smallest absolute Gasteiger partial charge is 0.246 e. The molecule has 33 heavy (non-hydrogen) atoms. The Labute approximate surface area is 199 Å². The largest absolute Gasteiger partial charge is 0.353 e. The van der Waals surface area contributed by atoms with E-state index in [4.69, 9.17) is 11.6 Å². The number of rotatable bonds is 3. The Balaban J connectivity index is 0.00000126. The molecule has 2 aliphatic rings. The van der Waals surface area contributed by atoms with Gasteiger partial charge in [0, 0.05) is 47.8 Å². The maximum atomic E-state index is 11.9. The van der Waals surface area contributed by atoms with E-state index in [-0.39, 0.29) is 5.91 Å². The van der Waals surface area contributed by atoms with Crippen LogP contribution in [0.4, 0.5) is 5.82 Å². The fourth-order valence-corrected chi connectivity index (χ4v) is 5.23. The summed E-state index contributed by atoms with van der Waals surface area (Å²) >= 11 is 6.53. The highest BCUT2D eigenvalue weighted by molar-refractivity contribution is 6.32. The summed E-state index contributed by atoms with van der Waals surface area (Å²) < 4.78 is 0. The van der Waals surface area contributed by atoms with Crippen molar-refractivity contribution in [3.8, 4) is 0 Å². The SMILES string of the molecule is C=CC(=O)N1CCN(c2ncnc3c2CCC(c2c(C)c(Cl)cc4[nH]ncc24)C3)CC1.CC. The zero-order chi connectivity index (χ0) is 23.5. The quantitative estimate of drug-likeness (QED) is 0.577. The van der Waals surface area contributed by atoms with Gasteiger partial charge in [-0.2, -0.15) is 5.10 Å². The van der Waals surface area contributed by atoms with Gasteiger partial charge in [-0.3, -0.25) is 9.89 Å². The van der Waals surface area contributed by atoms with Crippen molar-refractivity contribution < 1.29 is 4.79 Å². The van der Waals surface area contributed by atoms with Crippen molar-refractivity contribution in [2.75, 3.05) is 31.1 Å². The number of fused-ring (bicyclic) bond motifs is 2. The van der Waals surface area contributed by atoms with Gasteiger partial charge < -0.3 is 9.80 Å². The lowest BCUT2D eigenvalue weighted by Gasteiger charge is -2.37. The second kappa shape index (κ2) is 9.91. The monoisotopic (exact) mass is 466 g/mol. The number of nitrogens with zero attached hydrogens (tertiary/aromatic N) is 5. The van der Waals surface area contributed by atoms with Gasteiger partial charge in [0.05, 0.1) is 11.7 Å². The van der Waals surface area contributed by atoms with Crippen molar-refractivity contribution in [1.82, 2.24) is 25.1 Å². The summed E-state index contributed by atoms with van der Waals surface area (Å²) in [5, 5.41) is 9.20. The number of hydrogen-bond acceptors (Lipinski definition) is 5. The molecular formula is C25H31ClN6O. The summed E-state index contributed by atoms with van der Waals surface area (Å²) in [5.74, 6) is 1.36. The summed E-state index contributed by atoms with van der Waals surface area (Å²) in [4.78, 5) is 25.3. The molecule has 1 aliphatic carbocycles. The molecule has 1 unspecified atom stereocenters. The number of carbonyl (C=O) groups is 1. The van der Waals surface area contributed by atoms with Crippen LogP contribution in [0, 0.1) is 6.92 Å². The summed E-state index contributed by atoms with van der Waals surface area (Å²) in [6.45, 7) is 12.6. The van der Waals surface area contributed by atoms with Gasteiger partial charge in [0.15, 0.2) is 0 Å². The molecule has 0 saturated carbocycles. The molecule has 1 fully saturated rings. The Bertz CT molecular complexity index is 1170. The second-order valence-corrected chi connectivity index (χ2v) is 8.71. The van der Waals surface area contributed by atoms with Crippen LogP contribution in [0.5, 0.6) is 0 Å². The number of H-pyrrole nitrogens is 1. The first-order valence-electron chi connectivity index (χ1n) is 11.7. The Kier molecular flexibility index (Phi) is 6.98. The zero-order valence-corrected chi connectivity index (χ0v) is 20.3. The van der Waals surface area contributed by atoms with Crippen LogP contribution >= 0.6 is 11.6 Å². The Morgan fingerprint density at radius 3 is 2.73 bits per heavy atom. The van der Waals surface area contributed by atoms with Crippen LogP contribution in [0.25, 0.3) is 10.9 Å². The van der Waals surface area contributed by atoms with Gasteiger partial charge in [-0.15, -0.1) is 0 Å². The van der Waals surface area contributed by atoms with Gasteiger partial charge in [-0.05, 0) is 55.4 Å². The van der Waals surface area contributed by atoms with Crippen LogP contribution < -0.4 is 4.90 Å². The van der Waals surface area contributed by atoms with E-state index in [0.717, 1.165) is 65.4 Å². The van der Waals surface area contributed by atoms with Crippen molar-refractivity contribution in [2.45, 2.75) is 46.0 Å². The Morgan fingerprint density at radius 2 is 2.00 bits per heavy atom. The topological polar surface area (TPSA) is 78.0 Å². The highest BCUT2D eigenvalue weighted by atomic mass is 35.5. The molecule has 1 aromatic carbocycles. The standard InChI is InChI=1S/C23H25ClN6O.C2H6/c1-3-21(31)29-6-8-30(9-7-29)23-16-5-4-15(10-19(16)25-13-26-23)22-14(2)18(24)11-20-17(22)12-27-28-20;1-2/h3,11-13,15H,1,4-10H2,2H3,(H,27,28);1-2H3. The number of piperazine rings is 1. The average molecular weight is 467 g/mol. The lowest BCUT2D eigenvalue weighted by atomic mass is 9.79. The van der Waals surface area contributed by atoms with E-state index in [0.29, 0.717) is 19.0 Å². The van der Waals surface area contributed by atoms with Gasteiger partial charge in [-0.25, -0.2) is 9.97 Å². The highest BCUT2D eigenvalue weighted by Crippen LogP contribution is 2.40. The number of hydrogen-bond donors (Lipinski definition) is 1. The lowest BCUT2D eigenvalue weighted by Crippen LogP contribution is -2.49. The third-order valence-corrected chi connectivity index (χ3v) is 7.05. The molecule has 1 amide bonds. The summed E-state index contributed by atoms with van der Waals surface area (Å²) in [7, 11) is 0. The van der Waals surface area contributed by atoms with Crippen LogP contribution in [0.2, 0.25) is 5.02 Å². The molecule has 5 rings (SSSR count). The number of aromatic amines is 1. The molecule has 174 valence electrons. The van der Waals surface area contributed by atoms with E-state index < -0.39 is 0 Å². The van der Waals surface area contributed by atoms with Crippen LogP contribution in [-0.2, 0) is 17.6 Å². The molecule has 0 spiro atoms. The Hall–Kier alpha value is -2.93. The van der Waals surface area contributed by atoms with E-state index >= 15 is 0 Å². The first kappa shape index (κ1) is 23.2. The van der Waals surface area contributed by atoms with E-state index in [1.165, 1.54) is 17.2 Å². The predicted octanol–water partition coefficient (Wildman–Crippen LogP) is 4.45. The average Bonchev–Trinajstić information content (AvgIpc) is 3.32. The normalized spacial score (nSPS) is 17.9. The summed E-state index contributed by atoms with van der Waals surface area (Å²) in [6.07, 6.45) is 7.77. The minimum atomic E-state index is -0.00494. The van der Waals surface area contributed by atoms with Crippen molar-refractivity contribution in [3.63, 3.8) is 0 Å². The number of benzene rings is 1. The molecule has 3 aromatic rings. The highest BCUT2D eigenvalue weighted by Gasteiger charge is 2.30. The lowest BCUT2D eigenvalue weighted by molar-refractivity contribution is -0.126. The third-order valence-electron chi connectivity index (χ3n) is 6.66. The third kappa shape index (κ3) is 4.34. The van der Waals surface area contributed by atoms with Crippen molar-refractivity contribution in [1.29, 1.82) is 0 Å². The second-order valence-electron chi connectivity index (χ2n) is 8.31. The van der Waals surface area contributed by atoms with Gasteiger partial charge in [0.1, 0.15) is 12.1 Å². The molecule has 1 saturated heterocycles. The minimum absolute atomic E-state index is 0.00494. The van der Waals surface area contributed by atoms with Crippen molar-refractivity contribution >= 4 is 34.2 Å². The molecule has 1 aliphatic heterocycles. The van der Waals surface area contributed by atoms with Crippen LogP contribution in [0.15, 0.2) is 31.2 Å². The number of aromatic nitrogens is 4. The molecule has 3 heterocycles. The maximum Gasteiger partial charge on any atom is 0.246 e. The van der Waals surface area contributed by atoms with Crippen LogP contribution in [-0.4, -0.2) is 57.2 Å². The van der Waals surface area contributed by atoms with Crippen LogP contribution in [0.3, 0.4) is 0 Å². The Morgan fingerprint density at radius 1 is 1.24 bits per heavy atom. The molecule has 1 atom stereocenters. The number of halogens is 1. The summed E-state index contributed by atoms with van der Waals surface area (Å²) in [6, 6.07) is 1.95. The molecule has 0 bridgehead atoms. The predicted molar refractivity (Wildman–Crippen MR) is 133 cm³/mol. The summed E-state index contributed by atoms with van der Waals surface area (Å²) in [5.41, 5.74) is 5.74. The molecule has 0 radical (unpaired) electrons. The molecule has 8 heteroatoms. The first-order chi connectivity index (χ1) is 16.1. The zero-order valence-electron chi connectivity index (χ0n) is 19.6. The molecule has 7 nitrogen and oxygen atoms in total. The van der Waals surface area contributed by atoms with Crippen LogP contribution in [0.1, 0.15) is 48.6 Å². The number of carbonyl (C=O) groups excluding carboxylic acids is 1. The number of amides is 1. The maximum absolute atomic E-state index is 11.9. The number of anilines is 1. The van der Waals surface area contributed by atoms with Crippen molar-refractivity contribution in [2.24, 2.45) is 0 Å². The van der Waals surface area contributed by atoms with Gasteiger partial charge in [0.25, 0.3) is 0 Å². The number of nitrogens with one attached hydrogen (secondary N) is 1. The van der Waals surface area contributed by atoms with E-state index in [1.54, 1.807) is 6.33 Å². The molecule has 2 aromatic heterocycles. The van der Waals surface area contributed by atoms with E-state index in [9.17, 15) is 4.79 Å². The fraction of sp³-hybridized carbons (Fsp3) is 0.440. The first-order valence-corrected chi connectivity index (χ1v) is 12.1. The fourth-order valence-electron chi connectivity index (χ4n) is 5.02. The molecular weight excluding hydrogens is 436 g/mol. The minimum Gasteiger partial charge on any atom is -0.353 e. The van der Waals surface area contributed by atoms with E-state index in [2.05, 4.69) is 38.6 Å². The van der Waals surface area contributed by atoms with E-state index in [1.807, 2.05) is 31.0 Å².